The molecule has 0 aliphatic rings. The van der Waals surface area contributed by atoms with E-state index in [9.17, 15) is 0 Å². The number of aryl methyl sites for hydroxylation is 8. The normalized spacial score (nSPS) is 9.45. The highest BCUT2D eigenvalue weighted by Crippen LogP contribution is 2.16. The van der Waals surface area contributed by atoms with E-state index in [4.69, 9.17) is 0 Å². The van der Waals surface area contributed by atoms with Crippen LogP contribution in [0.5, 0.6) is 0 Å². The van der Waals surface area contributed by atoms with Crippen LogP contribution < -0.4 is 86.2 Å². The van der Waals surface area contributed by atoms with Gasteiger partial charge in [-0.2, -0.15) is 0 Å². The van der Waals surface area contributed by atoms with Gasteiger partial charge < -0.3 is 67.9 Å². The van der Waals surface area contributed by atoms with Crippen LogP contribution in [0.15, 0.2) is 110 Å². The van der Waals surface area contributed by atoms with E-state index in [1.165, 1.54) is 22.3 Å². The average Bonchev–Trinajstić information content (AvgIpc) is 3.18. The minimum Gasteiger partial charge on any atom is -1.00 e. The van der Waals surface area contributed by atoms with Crippen molar-refractivity contribution in [3.8, 4) is 47.4 Å². The predicted octanol–water partition coefficient (Wildman–Crippen LogP) is -4.59. The van der Waals surface area contributed by atoms with Crippen molar-refractivity contribution < 1.29 is 86.2 Å². The van der Waals surface area contributed by atoms with Gasteiger partial charge in [0, 0.05) is 122 Å². The molecular weight excluding hydrogens is 976 g/mol. The maximum atomic E-state index is 3.49. The van der Waals surface area contributed by atoms with Gasteiger partial charge in [0.05, 0.1) is 0 Å². The van der Waals surface area contributed by atoms with E-state index in [2.05, 4.69) is 204 Å². The Balaban J connectivity index is 0.00000420. The van der Waals surface area contributed by atoms with Gasteiger partial charge in [-0.25, -0.2) is 18.3 Å². The number of halogens is 4. The zero-order chi connectivity index (χ0) is 37.8. The highest BCUT2D eigenvalue weighted by molar-refractivity contribution is 5.61. The van der Waals surface area contributed by atoms with E-state index in [0.717, 1.165) is 99.8 Å². The molecule has 4 aromatic heterocycles. The molecule has 0 N–H and O–H groups in total. The van der Waals surface area contributed by atoms with Gasteiger partial charge in [0.15, 0.2) is 49.6 Å². The first kappa shape index (κ1) is 52.0. The summed E-state index contributed by atoms with van der Waals surface area (Å²) < 4.78 is 8.88. The van der Waals surface area contributed by atoms with Crippen LogP contribution in [-0.2, 0) is 26.2 Å². The molecule has 0 bridgehead atoms. The summed E-state index contributed by atoms with van der Waals surface area (Å²) >= 11 is 0. The molecule has 0 unspecified atom stereocenters. The third-order valence-electron chi connectivity index (χ3n) is 9.15. The van der Waals surface area contributed by atoms with Crippen molar-refractivity contribution in [3.63, 3.8) is 0 Å². The zero-order valence-electron chi connectivity index (χ0n) is 34.2. The summed E-state index contributed by atoms with van der Waals surface area (Å²) in [7, 11) is 0. The van der Waals surface area contributed by atoms with Gasteiger partial charge in [-0.05, 0) is 62.1 Å². The smallest absolute Gasteiger partial charge is 0.169 e. The SMILES string of the molecule is Cc1cc[n+](CCCC#Cc2cc(C#CCCC[n+]3ccc(C)cc3)c(C#CCCC[n+]3ccc(C)cc3)cc2C#CCCC[n+]2ccc(C)cc2)cc1.[Br-].[Br-].[Br-].[Br-]. The lowest BCUT2D eigenvalue weighted by molar-refractivity contribution is -0.697. The third-order valence-corrected chi connectivity index (χ3v) is 9.15. The number of hydrogen-bond donors (Lipinski definition) is 0. The van der Waals surface area contributed by atoms with Gasteiger partial charge in [-0.3, -0.25) is 0 Å². The molecule has 5 rings (SSSR count). The molecule has 8 heteroatoms. The molecule has 302 valence electrons. The summed E-state index contributed by atoms with van der Waals surface area (Å²) in [6.45, 7) is 12.2. The highest BCUT2D eigenvalue weighted by atomic mass is 79.9. The van der Waals surface area contributed by atoms with Crippen LogP contribution in [0.4, 0.5) is 0 Å². The monoisotopic (exact) mass is 1030 g/mol. The number of rotatable bonds is 12. The Morgan fingerprint density at radius 1 is 0.328 bits per heavy atom. The molecule has 0 aliphatic heterocycles. The van der Waals surface area contributed by atoms with Crippen molar-refractivity contribution in [3.05, 3.63) is 155 Å². The summed E-state index contributed by atoms with van der Waals surface area (Å²) in [5, 5.41) is 0. The lowest BCUT2D eigenvalue weighted by Gasteiger charge is -2.03. The maximum absolute atomic E-state index is 3.49. The van der Waals surface area contributed by atoms with Crippen molar-refractivity contribution in [2.45, 2.75) is 105 Å². The van der Waals surface area contributed by atoms with E-state index in [-0.39, 0.29) is 67.9 Å². The number of nitrogens with zero attached hydrogens (tertiary/aromatic N) is 4. The Hall–Kier alpha value is -4.02. The van der Waals surface area contributed by atoms with Gasteiger partial charge in [0.2, 0.25) is 0 Å². The highest BCUT2D eigenvalue weighted by Gasteiger charge is 2.07. The first-order chi connectivity index (χ1) is 26.4. The lowest BCUT2D eigenvalue weighted by atomic mass is 9.98. The van der Waals surface area contributed by atoms with E-state index in [1.54, 1.807) is 0 Å². The fraction of sp³-hybridized carbons (Fsp3) is 0.320. The van der Waals surface area contributed by atoms with Crippen molar-refractivity contribution in [1.29, 1.82) is 0 Å². The summed E-state index contributed by atoms with van der Waals surface area (Å²) in [5.74, 6) is 27.8. The lowest BCUT2D eigenvalue weighted by Crippen LogP contribution is -3.00. The molecular formula is C50H54Br4N4. The Kier molecular flexibility index (Phi) is 26.2. The first-order valence-electron chi connectivity index (χ1n) is 19.4. The summed E-state index contributed by atoms with van der Waals surface area (Å²) in [6, 6.07) is 21.4. The van der Waals surface area contributed by atoms with E-state index in [0.29, 0.717) is 0 Å². The van der Waals surface area contributed by atoms with Crippen LogP contribution >= 0.6 is 0 Å². The van der Waals surface area contributed by atoms with E-state index >= 15 is 0 Å². The molecule has 4 heterocycles. The number of unbranched alkanes of at least 4 members (excludes halogenated alkanes) is 4. The van der Waals surface area contributed by atoms with Crippen molar-refractivity contribution in [2.75, 3.05) is 0 Å². The molecule has 0 atom stereocenters. The van der Waals surface area contributed by atoms with Crippen molar-refractivity contribution in [1.82, 2.24) is 0 Å². The summed E-state index contributed by atoms with van der Waals surface area (Å²) in [4.78, 5) is 0. The predicted molar refractivity (Wildman–Crippen MR) is 216 cm³/mol. The minimum atomic E-state index is 0. The molecule has 0 aliphatic carbocycles. The molecule has 0 fully saturated rings. The Bertz CT molecular complexity index is 1900. The van der Waals surface area contributed by atoms with Gasteiger partial charge in [-0.15, -0.1) is 0 Å². The fourth-order valence-corrected chi connectivity index (χ4v) is 5.77. The van der Waals surface area contributed by atoms with Crippen LogP contribution in [0.3, 0.4) is 0 Å². The van der Waals surface area contributed by atoms with E-state index < -0.39 is 0 Å². The van der Waals surface area contributed by atoms with E-state index in [1.807, 2.05) is 0 Å². The van der Waals surface area contributed by atoms with Gasteiger partial charge in [-0.1, -0.05) is 47.4 Å². The number of hydrogen-bond acceptors (Lipinski definition) is 0. The minimum absolute atomic E-state index is 0. The molecule has 58 heavy (non-hydrogen) atoms. The second-order valence-corrected chi connectivity index (χ2v) is 14.0. The summed E-state index contributed by atoms with van der Waals surface area (Å²) in [6.07, 6.45) is 24.2. The van der Waals surface area contributed by atoms with Crippen LogP contribution in [0.1, 0.15) is 95.9 Å². The maximum Gasteiger partial charge on any atom is 0.169 e. The quantitative estimate of drug-likeness (QED) is 0.0682. The van der Waals surface area contributed by atoms with Crippen LogP contribution in [0.25, 0.3) is 0 Å². The van der Waals surface area contributed by atoms with Crippen LogP contribution in [-0.4, -0.2) is 0 Å². The molecule has 4 nitrogen and oxygen atoms in total. The molecule has 0 amide bonds. The molecule has 0 spiro atoms. The molecule has 0 radical (unpaired) electrons. The second kappa shape index (κ2) is 29.2. The number of pyridine rings is 4. The standard InChI is InChI=1S/C50H54N4.4BrH/c1-43-21-33-51(34-22-43)29-13-5-9-17-47-41-49(19-11-7-15-31-53-37-25-45(3)26-38-53)50(20-12-8-16-32-54-39-27-46(4)28-40-54)42-48(47)18-10-6-14-30-52-35-23-44(2)24-36-52;;;;/h21-28,33-42H,5-8,13-16,29-32H2,1-4H3;4*1H/q+4;;;;/p-4. The number of benzene rings is 1. The number of aromatic nitrogens is 4. The van der Waals surface area contributed by atoms with Gasteiger partial charge in [0.1, 0.15) is 26.2 Å². The van der Waals surface area contributed by atoms with Gasteiger partial charge >= 0.3 is 0 Å². The average molecular weight is 1030 g/mol. The van der Waals surface area contributed by atoms with Crippen LogP contribution in [0.2, 0.25) is 0 Å². The molecule has 0 saturated carbocycles. The third kappa shape index (κ3) is 19.2. The Morgan fingerprint density at radius 2 is 0.517 bits per heavy atom. The van der Waals surface area contributed by atoms with Crippen molar-refractivity contribution >= 4 is 0 Å². The largest absolute Gasteiger partial charge is 1.00 e. The molecule has 0 saturated heterocycles. The molecule has 5 aromatic rings. The van der Waals surface area contributed by atoms with Gasteiger partial charge in [0.25, 0.3) is 0 Å². The fourth-order valence-electron chi connectivity index (χ4n) is 5.77. The first-order valence-corrected chi connectivity index (χ1v) is 19.4. The van der Waals surface area contributed by atoms with Crippen molar-refractivity contribution in [2.24, 2.45) is 0 Å². The Morgan fingerprint density at radius 3 is 0.707 bits per heavy atom. The zero-order valence-corrected chi connectivity index (χ0v) is 40.5. The van der Waals surface area contributed by atoms with Crippen LogP contribution in [0, 0.1) is 75.1 Å². The molecule has 1 aromatic carbocycles. The Labute approximate surface area is 390 Å². The topological polar surface area (TPSA) is 15.5 Å². The summed E-state index contributed by atoms with van der Waals surface area (Å²) in [5.41, 5.74) is 8.80. The second-order valence-electron chi connectivity index (χ2n) is 14.0.